The maximum atomic E-state index is 12.4. The molecule has 1 aliphatic rings. The van der Waals surface area contributed by atoms with E-state index in [1.165, 1.54) is 0 Å². The van der Waals surface area contributed by atoms with Gasteiger partial charge in [0.1, 0.15) is 0 Å². The molecule has 1 aliphatic heterocycles. The molecule has 5 nitrogen and oxygen atoms in total. The van der Waals surface area contributed by atoms with Crippen molar-refractivity contribution in [2.75, 3.05) is 31.6 Å². The van der Waals surface area contributed by atoms with Gasteiger partial charge in [0.2, 0.25) is 0 Å². The first-order valence-corrected chi connectivity index (χ1v) is 8.16. The second kappa shape index (κ2) is 7.95. The normalized spacial score (nSPS) is 14.5. The van der Waals surface area contributed by atoms with Crippen LogP contribution in [-0.4, -0.2) is 42.2 Å². The highest BCUT2D eigenvalue weighted by molar-refractivity contribution is 5.94. The predicted octanol–water partition coefficient (Wildman–Crippen LogP) is 2.26. The fraction of sp³-hybridized carbons (Fsp3) is 0.316. The standard InChI is InChI=1S/C19H22N2O3/c22-14-16-3-1-15(2-4-16)13-20-18-7-5-17(6-8-18)19(23)21-9-11-24-12-10-21/h1-8,20,22H,9-14H2. The molecule has 0 saturated carbocycles. The predicted molar refractivity (Wildman–Crippen MR) is 92.9 cm³/mol. The van der Waals surface area contributed by atoms with Gasteiger partial charge < -0.3 is 20.1 Å². The summed E-state index contributed by atoms with van der Waals surface area (Å²) in [5, 5.41) is 12.4. The third kappa shape index (κ3) is 4.13. The van der Waals surface area contributed by atoms with Crippen molar-refractivity contribution in [2.45, 2.75) is 13.2 Å². The van der Waals surface area contributed by atoms with Gasteiger partial charge in [-0.15, -0.1) is 0 Å². The molecule has 2 aromatic rings. The van der Waals surface area contributed by atoms with Crippen LogP contribution >= 0.6 is 0 Å². The summed E-state index contributed by atoms with van der Waals surface area (Å²) in [5.74, 6) is 0.0597. The lowest BCUT2D eigenvalue weighted by atomic mass is 10.1. The molecule has 0 radical (unpaired) electrons. The van der Waals surface area contributed by atoms with Gasteiger partial charge >= 0.3 is 0 Å². The fourth-order valence-electron chi connectivity index (χ4n) is 2.65. The number of hydrogen-bond donors (Lipinski definition) is 2. The molecule has 2 N–H and O–H groups in total. The van der Waals surface area contributed by atoms with Gasteiger partial charge in [0.15, 0.2) is 0 Å². The molecular weight excluding hydrogens is 304 g/mol. The Morgan fingerprint density at radius 3 is 2.25 bits per heavy atom. The molecule has 2 aromatic carbocycles. The van der Waals surface area contributed by atoms with Crippen molar-refractivity contribution < 1.29 is 14.6 Å². The summed E-state index contributed by atoms with van der Waals surface area (Å²) in [6, 6.07) is 15.4. The molecule has 24 heavy (non-hydrogen) atoms. The molecule has 0 atom stereocenters. The molecule has 0 spiro atoms. The van der Waals surface area contributed by atoms with Crippen LogP contribution in [0, 0.1) is 0 Å². The average Bonchev–Trinajstić information content (AvgIpc) is 2.67. The van der Waals surface area contributed by atoms with Crippen LogP contribution in [0.4, 0.5) is 5.69 Å². The molecule has 5 heteroatoms. The lowest BCUT2D eigenvalue weighted by Gasteiger charge is -2.26. The molecule has 1 heterocycles. The van der Waals surface area contributed by atoms with Gasteiger partial charge in [-0.05, 0) is 35.4 Å². The minimum atomic E-state index is 0.0597. The molecule has 126 valence electrons. The van der Waals surface area contributed by atoms with Crippen molar-refractivity contribution in [3.63, 3.8) is 0 Å². The molecule has 1 fully saturated rings. The van der Waals surface area contributed by atoms with E-state index in [9.17, 15) is 4.79 Å². The number of aliphatic hydroxyl groups excluding tert-OH is 1. The second-order valence-corrected chi connectivity index (χ2v) is 5.81. The number of amides is 1. The number of ether oxygens (including phenoxy) is 1. The number of anilines is 1. The van der Waals surface area contributed by atoms with Gasteiger partial charge in [-0.3, -0.25) is 4.79 Å². The van der Waals surface area contributed by atoms with E-state index in [1.807, 2.05) is 53.4 Å². The maximum Gasteiger partial charge on any atom is 0.254 e. The molecule has 3 rings (SSSR count). The lowest BCUT2D eigenvalue weighted by molar-refractivity contribution is 0.0303. The zero-order chi connectivity index (χ0) is 16.8. The fourth-order valence-corrected chi connectivity index (χ4v) is 2.65. The average molecular weight is 326 g/mol. The van der Waals surface area contributed by atoms with Gasteiger partial charge in [0, 0.05) is 30.9 Å². The largest absolute Gasteiger partial charge is 0.392 e. The van der Waals surface area contributed by atoms with E-state index in [0.29, 0.717) is 38.4 Å². The van der Waals surface area contributed by atoms with Gasteiger partial charge in [-0.2, -0.15) is 0 Å². The van der Waals surface area contributed by atoms with E-state index in [4.69, 9.17) is 9.84 Å². The maximum absolute atomic E-state index is 12.4. The quantitative estimate of drug-likeness (QED) is 0.885. The number of hydrogen-bond acceptors (Lipinski definition) is 4. The Labute approximate surface area is 141 Å². The Bertz CT molecular complexity index is 662. The van der Waals surface area contributed by atoms with Crippen molar-refractivity contribution in [2.24, 2.45) is 0 Å². The molecule has 0 bridgehead atoms. The smallest absolute Gasteiger partial charge is 0.254 e. The Balaban J connectivity index is 1.56. The third-order valence-electron chi connectivity index (χ3n) is 4.13. The van der Waals surface area contributed by atoms with Crippen molar-refractivity contribution in [3.8, 4) is 0 Å². The summed E-state index contributed by atoms with van der Waals surface area (Å²) in [7, 11) is 0. The van der Waals surface area contributed by atoms with Crippen LogP contribution in [0.5, 0.6) is 0 Å². The van der Waals surface area contributed by atoms with Crippen LogP contribution in [0.25, 0.3) is 0 Å². The lowest BCUT2D eigenvalue weighted by Crippen LogP contribution is -2.40. The number of carbonyl (C=O) groups is 1. The number of carbonyl (C=O) groups excluding carboxylic acids is 1. The minimum absolute atomic E-state index is 0.0597. The first-order chi connectivity index (χ1) is 11.8. The summed E-state index contributed by atoms with van der Waals surface area (Å²) in [6.45, 7) is 3.29. The molecule has 1 saturated heterocycles. The molecule has 1 amide bonds. The molecule has 0 aliphatic carbocycles. The van der Waals surface area contributed by atoms with Crippen LogP contribution in [0.15, 0.2) is 48.5 Å². The van der Waals surface area contributed by atoms with Gasteiger partial charge in [-0.1, -0.05) is 24.3 Å². The zero-order valence-electron chi connectivity index (χ0n) is 13.6. The van der Waals surface area contributed by atoms with Crippen LogP contribution in [0.2, 0.25) is 0 Å². The van der Waals surface area contributed by atoms with Gasteiger partial charge in [0.25, 0.3) is 5.91 Å². The van der Waals surface area contributed by atoms with E-state index < -0.39 is 0 Å². The first-order valence-electron chi connectivity index (χ1n) is 8.16. The SMILES string of the molecule is O=C(c1ccc(NCc2ccc(CO)cc2)cc1)N1CCOCC1. The summed E-state index contributed by atoms with van der Waals surface area (Å²) >= 11 is 0. The van der Waals surface area contributed by atoms with E-state index in [2.05, 4.69) is 5.32 Å². The van der Waals surface area contributed by atoms with Crippen LogP contribution in [-0.2, 0) is 17.9 Å². The van der Waals surface area contributed by atoms with Crippen molar-refractivity contribution in [1.29, 1.82) is 0 Å². The number of aliphatic hydroxyl groups is 1. The highest BCUT2D eigenvalue weighted by atomic mass is 16.5. The Morgan fingerprint density at radius 2 is 1.62 bits per heavy atom. The zero-order valence-corrected chi connectivity index (χ0v) is 13.6. The number of benzene rings is 2. The van der Waals surface area contributed by atoms with Gasteiger partial charge in [0.05, 0.1) is 19.8 Å². The highest BCUT2D eigenvalue weighted by Crippen LogP contribution is 2.14. The summed E-state index contributed by atoms with van der Waals surface area (Å²) in [6.07, 6.45) is 0. The van der Waals surface area contributed by atoms with Crippen LogP contribution in [0.1, 0.15) is 21.5 Å². The second-order valence-electron chi connectivity index (χ2n) is 5.81. The van der Waals surface area contributed by atoms with Crippen molar-refractivity contribution in [3.05, 3.63) is 65.2 Å². The minimum Gasteiger partial charge on any atom is -0.392 e. The number of nitrogens with one attached hydrogen (secondary N) is 1. The molecule has 0 unspecified atom stereocenters. The summed E-state index contributed by atoms with van der Waals surface area (Å²) in [5.41, 5.74) is 3.72. The van der Waals surface area contributed by atoms with Crippen LogP contribution in [0.3, 0.4) is 0 Å². The van der Waals surface area contributed by atoms with Gasteiger partial charge in [-0.25, -0.2) is 0 Å². The van der Waals surface area contributed by atoms with Crippen molar-refractivity contribution in [1.82, 2.24) is 4.90 Å². The number of rotatable bonds is 5. The van der Waals surface area contributed by atoms with E-state index in [0.717, 1.165) is 16.8 Å². The first kappa shape index (κ1) is 16.5. The number of morpholine rings is 1. The monoisotopic (exact) mass is 326 g/mol. The van der Waals surface area contributed by atoms with E-state index >= 15 is 0 Å². The third-order valence-corrected chi connectivity index (χ3v) is 4.13. The summed E-state index contributed by atoms with van der Waals surface area (Å²) < 4.78 is 5.28. The Hall–Kier alpha value is -2.37. The highest BCUT2D eigenvalue weighted by Gasteiger charge is 2.18. The molecule has 0 aromatic heterocycles. The van der Waals surface area contributed by atoms with Crippen LogP contribution < -0.4 is 5.32 Å². The summed E-state index contributed by atoms with van der Waals surface area (Å²) in [4.78, 5) is 14.2. The number of nitrogens with zero attached hydrogens (tertiary/aromatic N) is 1. The van der Waals surface area contributed by atoms with E-state index in [1.54, 1.807) is 0 Å². The van der Waals surface area contributed by atoms with E-state index in [-0.39, 0.29) is 12.5 Å². The van der Waals surface area contributed by atoms with Crippen molar-refractivity contribution >= 4 is 11.6 Å². The topological polar surface area (TPSA) is 61.8 Å². The molecular formula is C19H22N2O3. The Morgan fingerprint density at radius 1 is 1.00 bits per heavy atom. The Kier molecular flexibility index (Phi) is 5.46.